The van der Waals surface area contributed by atoms with Gasteiger partial charge < -0.3 is 44.9 Å². The maximum absolute atomic E-state index is 12.9. The van der Waals surface area contributed by atoms with Crippen molar-refractivity contribution in [2.75, 3.05) is 83.0 Å². The zero-order chi connectivity index (χ0) is 73.8. The first kappa shape index (κ1) is 78.1. The third-order valence-electron chi connectivity index (χ3n) is 18.0. The number of para-hydroxylation sites is 4. The lowest BCUT2D eigenvalue weighted by molar-refractivity contribution is -0.123. The minimum Gasteiger partial charge on any atom is -0.493 e. The Kier molecular flexibility index (Phi) is 30.0. The molecule has 10 aromatic rings. The smallest absolute Gasteiger partial charge is 0.237 e. The van der Waals surface area contributed by atoms with Gasteiger partial charge in [0.25, 0.3) is 0 Å². The van der Waals surface area contributed by atoms with Gasteiger partial charge in [-0.05, 0) is 165 Å². The van der Waals surface area contributed by atoms with Crippen molar-refractivity contribution in [2.24, 2.45) is 0 Å². The molecule has 4 amide bonds. The van der Waals surface area contributed by atoms with E-state index in [1.54, 1.807) is 30.2 Å². The molecule has 14 rings (SSSR count). The molecule has 3 aromatic heterocycles. The van der Waals surface area contributed by atoms with E-state index in [0.717, 1.165) is 163 Å². The number of H-pyrrole nitrogens is 1. The summed E-state index contributed by atoms with van der Waals surface area (Å²) >= 11 is 12.4. The summed E-state index contributed by atoms with van der Waals surface area (Å²) in [6.07, 6.45) is 11.1. The highest BCUT2D eigenvalue weighted by Crippen LogP contribution is 2.36. The molecular formula is C81H94ClN13O7S4. The number of fused-ring (bicyclic) bond motifs is 4. The summed E-state index contributed by atoms with van der Waals surface area (Å²) in [7, 11) is 0. The van der Waals surface area contributed by atoms with E-state index in [-0.39, 0.29) is 47.3 Å². The molecule has 4 N–H and O–H groups in total. The summed E-state index contributed by atoms with van der Waals surface area (Å²) in [5.74, 6) is 9.70. The topological polar surface area (TPSA) is 229 Å². The van der Waals surface area contributed by atoms with Crippen molar-refractivity contribution in [1.29, 1.82) is 0 Å². The number of carbonyl (C=O) groups is 4. The molecule has 25 heteroatoms. The molecule has 106 heavy (non-hydrogen) atoms. The first-order valence-corrected chi connectivity index (χ1v) is 41.1. The second-order valence-electron chi connectivity index (χ2n) is 26.4. The maximum atomic E-state index is 12.9. The summed E-state index contributed by atoms with van der Waals surface area (Å²) in [6, 6.07) is 55.6. The molecule has 7 aromatic carbocycles. The van der Waals surface area contributed by atoms with Crippen LogP contribution in [0.1, 0.15) is 123 Å². The Morgan fingerprint density at radius 1 is 0.698 bits per heavy atom. The van der Waals surface area contributed by atoms with Crippen LogP contribution in [0.3, 0.4) is 0 Å². The Balaban J connectivity index is 0.000000143. The first-order valence-electron chi connectivity index (χ1n) is 36.4. The number of carbonyl (C=O) groups excluding carboxylic acids is 4. The number of rotatable bonds is 26. The lowest BCUT2D eigenvalue weighted by Crippen LogP contribution is -2.36. The number of halogens is 1. The number of aromatic amines is 1. The highest BCUT2D eigenvalue weighted by atomic mass is 35.5. The zero-order valence-electron chi connectivity index (χ0n) is 60.6. The van der Waals surface area contributed by atoms with Crippen LogP contribution >= 0.6 is 58.6 Å². The quantitative estimate of drug-likeness (QED) is 0.0292. The van der Waals surface area contributed by atoms with Gasteiger partial charge in [0.1, 0.15) is 23.7 Å². The van der Waals surface area contributed by atoms with Crippen LogP contribution < -0.4 is 40.0 Å². The molecule has 1 fully saturated rings. The Morgan fingerprint density at radius 2 is 1.46 bits per heavy atom. The molecule has 0 bridgehead atoms. The largest absolute Gasteiger partial charge is 0.493 e. The minimum atomic E-state index is -0.358. The van der Waals surface area contributed by atoms with Gasteiger partial charge in [0.15, 0.2) is 16.7 Å². The van der Waals surface area contributed by atoms with Crippen molar-refractivity contribution in [3.05, 3.63) is 221 Å². The molecule has 20 nitrogen and oxygen atoms in total. The molecule has 0 radical (unpaired) electrons. The van der Waals surface area contributed by atoms with Crippen LogP contribution in [0.5, 0.6) is 17.2 Å². The van der Waals surface area contributed by atoms with Crippen LogP contribution in [0, 0.1) is 6.92 Å². The van der Waals surface area contributed by atoms with E-state index in [2.05, 4.69) is 125 Å². The fourth-order valence-corrected chi connectivity index (χ4v) is 15.9. The maximum Gasteiger partial charge on any atom is 0.237 e. The number of aromatic nitrogens is 8. The van der Waals surface area contributed by atoms with E-state index in [9.17, 15) is 19.2 Å². The molecule has 556 valence electrons. The van der Waals surface area contributed by atoms with Crippen molar-refractivity contribution in [1.82, 2.24) is 44.8 Å². The molecule has 4 aliphatic heterocycles. The van der Waals surface area contributed by atoms with Gasteiger partial charge in [-0.2, -0.15) is 28.6 Å². The number of nitrogens with zero attached hydrogens (tertiary/aromatic N) is 9. The Morgan fingerprint density at radius 3 is 2.28 bits per heavy atom. The third-order valence-corrected chi connectivity index (χ3v) is 22.3. The molecule has 0 spiro atoms. The van der Waals surface area contributed by atoms with E-state index in [4.69, 9.17) is 25.8 Å². The van der Waals surface area contributed by atoms with Gasteiger partial charge in [0, 0.05) is 72.4 Å². The fraction of sp³-hybridized carbons (Fsp3) is 0.370. The van der Waals surface area contributed by atoms with Crippen LogP contribution in [0.2, 0.25) is 5.02 Å². The Labute approximate surface area is 643 Å². The predicted molar refractivity (Wildman–Crippen MR) is 433 cm³/mol. The van der Waals surface area contributed by atoms with Gasteiger partial charge in [-0.1, -0.05) is 147 Å². The van der Waals surface area contributed by atoms with Crippen LogP contribution in [0.4, 0.5) is 23.0 Å². The van der Waals surface area contributed by atoms with Crippen LogP contribution in [0.15, 0.2) is 181 Å². The van der Waals surface area contributed by atoms with Gasteiger partial charge in [-0.15, -0.1) is 22.0 Å². The normalized spacial score (nSPS) is 14.5. The highest BCUT2D eigenvalue weighted by Gasteiger charge is 2.29. The van der Waals surface area contributed by atoms with Crippen LogP contribution in [-0.4, -0.2) is 131 Å². The number of piperidine rings is 1. The minimum absolute atomic E-state index is 0.0644. The van der Waals surface area contributed by atoms with E-state index in [1.807, 2.05) is 137 Å². The van der Waals surface area contributed by atoms with Crippen molar-refractivity contribution in [3.63, 3.8) is 0 Å². The fourth-order valence-electron chi connectivity index (χ4n) is 12.6. The number of thioether (sulfide) groups is 4. The summed E-state index contributed by atoms with van der Waals surface area (Å²) in [5, 5.41) is 23.2. The van der Waals surface area contributed by atoms with E-state index in [1.165, 1.54) is 57.8 Å². The Hall–Kier alpha value is -8.94. The number of hydrogen-bond acceptors (Lipinski definition) is 17. The van der Waals surface area contributed by atoms with E-state index < -0.39 is 0 Å². The number of amides is 4. The predicted octanol–water partition coefficient (Wildman–Crippen LogP) is 16.4. The standard InChI is InChI=1S/C24H27N5O3S.C21H26N2OS.C19H20N2O2S.C17H21ClN4OS/c1-17(22(30)25-19-10-11-20-21(14-19)32-16-31-20)33-24-27-26-23(28-12-6-3-7-13-28)29(24)15-18-8-4-2-5-9-18;1-15(2)17-10-9-16(3)13-20(17)24-11-6-12-25-14-21-22-18-7-4-5-8-19(18)23-21;22-18(20-16-9-2-1-3-10-16)13-24-14-19(23)21-12-6-8-15-7-4-5-11-17(15)21;18-14-5-3-4-13(10-14)11-24-9-7-19-17(23)15-6-1-2-8-22-16(15)20-12-21-22/h2,4-5,8-11,14,17H,3,6-7,12-13,15-16H2,1H3,(H,25,30);4-5,7-10,13,15H,6,11-12,14H2,1-3H3,(H,22,23);1-5,7,9-11H,6,8,12-14H2,(H,20,22);3-5,10,12,15H,1-2,6-9,11H2,(H,19,23). The van der Waals surface area contributed by atoms with Crippen molar-refractivity contribution < 1.29 is 33.4 Å². The van der Waals surface area contributed by atoms with Gasteiger partial charge >= 0.3 is 0 Å². The first-order chi connectivity index (χ1) is 51.8. The average molecular weight is 1530 g/mol. The SMILES string of the molecule is CC(Sc1nnc(N2CCCCC2)n1Cc1ccccc1)C(=O)Nc1ccc2c(c1)OCO2.Cc1ccc(C(C)C)c(OCCCSCc2nc3ccccc3[nH]2)c1.O=C(CSCC(=O)N1CCCc2ccccc21)Nc1ccccc1.O=C(NCCSCc1cccc(Cl)c1)C1CCCCn2ncnc21. The second-order valence-corrected chi connectivity index (χ2v) is 31.4. The number of benzene rings is 7. The highest BCUT2D eigenvalue weighted by molar-refractivity contribution is 8.00. The van der Waals surface area contributed by atoms with Gasteiger partial charge in [0.2, 0.25) is 36.4 Å². The number of nitrogens with one attached hydrogen (secondary N) is 4. The third kappa shape index (κ3) is 23.3. The van der Waals surface area contributed by atoms with Crippen molar-refractivity contribution >= 4 is 116 Å². The molecular weight excluding hydrogens is 1430 g/mol. The molecule has 4 aliphatic rings. The lowest BCUT2D eigenvalue weighted by Gasteiger charge is -2.29. The summed E-state index contributed by atoms with van der Waals surface area (Å²) in [5.41, 5.74) is 10.8. The number of ether oxygens (including phenoxy) is 3. The molecule has 1 saturated heterocycles. The number of anilines is 4. The van der Waals surface area contributed by atoms with Crippen molar-refractivity contribution in [2.45, 2.75) is 132 Å². The molecule has 0 aliphatic carbocycles. The van der Waals surface area contributed by atoms with E-state index >= 15 is 0 Å². The molecule has 2 atom stereocenters. The molecule has 7 heterocycles. The number of aryl methyl sites for hydroxylation is 3. The van der Waals surface area contributed by atoms with E-state index in [0.29, 0.717) is 41.9 Å². The second kappa shape index (κ2) is 40.7. The Bertz CT molecular complexity index is 4430. The molecule has 2 unspecified atom stereocenters. The number of imidazole rings is 1. The zero-order valence-corrected chi connectivity index (χ0v) is 64.7. The van der Waals surface area contributed by atoms with Gasteiger partial charge in [-0.3, -0.25) is 23.7 Å². The van der Waals surface area contributed by atoms with Crippen LogP contribution in [-0.2, 0) is 50.2 Å². The summed E-state index contributed by atoms with van der Waals surface area (Å²) < 4.78 is 20.8. The van der Waals surface area contributed by atoms with Crippen molar-refractivity contribution in [3.8, 4) is 17.2 Å². The van der Waals surface area contributed by atoms with Gasteiger partial charge in [0.05, 0.1) is 52.6 Å². The average Bonchev–Trinajstić information content (AvgIpc) is 1.09. The summed E-state index contributed by atoms with van der Waals surface area (Å²) in [6.45, 7) is 14.3. The van der Waals surface area contributed by atoms with Crippen LogP contribution in [0.25, 0.3) is 11.0 Å². The summed E-state index contributed by atoms with van der Waals surface area (Å²) in [4.78, 5) is 66.2. The number of hydrogen-bond donors (Lipinski definition) is 4. The lowest BCUT2D eigenvalue weighted by atomic mass is 10.0. The van der Waals surface area contributed by atoms with Gasteiger partial charge in [-0.25, -0.2) is 14.6 Å². The monoisotopic (exact) mass is 1520 g/mol. The molecule has 0 saturated carbocycles.